The van der Waals surface area contributed by atoms with E-state index in [0.717, 1.165) is 11.1 Å². The summed E-state index contributed by atoms with van der Waals surface area (Å²) in [6, 6.07) is 0. The van der Waals surface area contributed by atoms with Crippen LogP contribution in [0, 0.1) is 5.92 Å². The van der Waals surface area contributed by atoms with Crippen LogP contribution in [0.3, 0.4) is 0 Å². The van der Waals surface area contributed by atoms with Gasteiger partial charge in [-0.25, -0.2) is 0 Å². The van der Waals surface area contributed by atoms with Crippen molar-refractivity contribution in [3.8, 4) is 0 Å². The van der Waals surface area contributed by atoms with Crippen molar-refractivity contribution in [2.45, 2.75) is 26.0 Å². The predicted octanol–water partition coefficient (Wildman–Crippen LogP) is 3.00. The second-order valence-electron chi connectivity index (χ2n) is 2.64. The molecule has 0 aromatic carbocycles. The number of rotatable bonds is 4. The van der Waals surface area contributed by atoms with Crippen molar-refractivity contribution in [2.75, 3.05) is 11.6 Å². The van der Waals surface area contributed by atoms with Gasteiger partial charge in [0.2, 0.25) is 0 Å². The zero-order valence-corrected chi connectivity index (χ0v) is 7.93. The number of hydrogen-bond donors (Lipinski definition) is 0. The second kappa shape index (κ2) is 5.43. The van der Waals surface area contributed by atoms with E-state index in [0.29, 0.717) is 5.92 Å². The van der Waals surface area contributed by atoms with Crippen molar-refractivity contribution in [3.05, 3.63) is 0 Å². The zero-order chi connectivity index (χ0) is 7.28. The van der Waals surface area contributed by atoms with Crippen LogP contribution in [0.4, 0.5) is 0 Å². The SMILES string of the molecule is CC(CCl)CSC(C)C. The third-order valence-corrected chi connectivity index (χ3v) is 2.93. The van der Waals surface area contributed by atoms with Crippen molar-refractivity contribution in [1.29, 1.82) is 0 Å². The lowest BCUT2D eigenvalue weighted by atomic mass is 10.3. The highest BCUT2D eigenvalue weighted by Crippen LogP contribution is 2.14. The van der Waals surface area contributed by atoms with E-state index >= 15 is 0 Å². The molecule has 0 heterocycles. The Morgan fingerprint density at radius 1 is 1.33 bits per heavy atom. The molecule has 0 saturated carbocycles. The first-order chi connectivity index (χ1) is 4.16. The predicted molar refractivity (Wildman–Crippen MR) is 47.5 cm³/mol. The summed E-state index contributed by atoms with van der Waals surface area (Å²) in [6.45, 7) is 6.61. The largest absolute Gasteiger partial charge is 0.159 e. The Hall–Kier alpha value is 0.640. The van der Waals surface area contributed by atoms with Crippen LogP contribution in [0.5, 0.6) is 0 Å². The van der Waals surface area contributed by atoms with Gasteiger partial charge in [-0.15, -0.1) is 11.6 Å². The minimum atomic E-state index is 0.666. The zero-order valence-electron chi connectivity index (χ0n) is 6.36. The van der Waals surface area contributed by atoms with Crippen molar-refractivity contribution >= 4 is 23.4 Å². The molecule has 2 heteroatoms. The number of thioether (sulfide) groups is 1. The van der Waals surface area contributed by atoms with Gasteiger partial charge in [-0.3, -0.25) is 0 Å². The van der Waals surface area contributed by atoms with E-state index in [4.69, 9.17) is 11.6 Å². The average molecular weight is 167 g/mol. The van der Waals surface area contributed by atoms with Crippen molar-refractivity contribution in [3.63, 3.8) is 0 Å². The summed E-state index contributed by atoms with van der Waals surface area (Å²) >= 11 is 7.60. The Morgan fingerprint density at radius 2 is 1.89 bits per heavy atom. The molecule has 0 bridgehead atoms. The number of alkyl halides is 1. The van der Waals surface area contributed by atoms with Crippen LogP contribution in [0.2, 0.25) is 0 Å². The highest BCUT2D eigenvalue weighted by atomic mass is 35.5. The van der Waals surface area contributed by atoms with Crippen LogP contribution in [0.1, 0.15) is 20.8 Å². The van der Waals surface area contributed by atoms with Crippen molar-refractivity contribution in [1.82, 2.24) is 0 Å². The molecule has 0 aromatic heterocycles. The molecule has 56 valence electrons. The summed E-state index contributed by atoms with van der Waals surface area (Å²) in [5, 5.41) is 0.746. The fourth-order valence-electron chi connectivity index (χ4n) is 0.401. The monoisotopic (exact) mass is 166 g/mol. The van der Waals surface area contributed by atoms with E-state index in [9.17, 15) is 0 Å². The molecular weight excluding hydrogens is 152 g/mol. The molecule has 0 radical (unpaired) electrons. The van der Waals surface area contributed by atoms with Gasteiger partial charge < -0.3 is 0 Å². The molecule has 0 saturated heterocycles. The highest BCUT2D eigenvalue weighted by molar-refractivity contribution is 7.99. The molecule has 0 aliphatic rings. The van der Waals surface area contributed by atoms with E-state index in [1.54, 1.807) is 0 Å². The van der Waals surface area contributed by atoms with E-state index in [-0.39, 0.29) is 0 Å². The van der Waals surface area contributed by atoms with Gasteiger partial charge in [0.25, 0.3) is 0 Å². The topological polar surface area (TPSA) is 0 Å². The van der Waals surface area contributed by atoms with E-state index in [2.05, 4.69) is 20.8 Å². The van der Waals surface area contributed by atoms with E-state index in [1.165, 1.54) is 5.75 Å². The van der Waals surface area contributed by atoms with Gasteiger partial charge in [0, 0.05) is 5.88 Å². The average Bonchev–Trinajstić information content (AvgIpc) is 1.83. The lowest BCUT2D eigenvalue weighted by Gasteiger charge is -2.08. The maximum absolute atomic E-state index is 5.62. The molecule has 0 N–H and O–H groups in total. The number of halogens is 1. The molecule has 0 spiro atoms. The Bertz CT molecular complexity index is 63.9. The third kappa shape index (κ3) is 6.53. The minimum absolute atomic E-state index is 0.666. The first kappa shape index (κ1) is 9.64. The van der Waals surface area contributed by atoms with Gasteiger partial charge in [0.15, 0.2) is 0 Å². The molecule has 0 nitrogen and oxygen atoms in total. The molecule has 9 heavy (non-hydrogen) atoms. The molecular formula is C7H15ClS. The highest BCUT2D eigenvalue weighted by Gasteiger charge is 2.00. The number of hydrogen-bond acceptors (Lipinski definition) is 1. The summed E-state index contributed by atoms with van der Waals surface area (Å²) in [7, 11) is 0. The Kier molecular flexibility index (Phi) is 5.81. The Labute approximate surface area is 67.4 Å². The van der Waals surface area contributed by atoms with Gasteiger partial charge in [-0.1, -0.05) is 20.8 Å². The molecule has 1 unspecified atom stereocenters. The van der Waals surface area contributed by atoms with Gasteiger partial charge in [-0.05, 0) is 16.9 Å². The van der Waals surface area contributed by atoms with Crippen LogP contribution in [-0.4, -0.2) is 16.9 Å². The lowest BCUT2D eigenvalue weighted by Crippen LogP contribution is -2.02. The first-order valence-corrected chi connectivity index (χ1v) is 4.92. The molecule has 0 rings (SSSR count). The molecule has 0 amide bonds. The van der Waals surface area contributed by atoms with Crippen LogP contribution >= 0.6 is 23.4 Å². The molecule has 0 aromatic rings. The van der Waals surface area contributed by atoms with Crippen LogP contribution in [0.15, 0.2) is 0 Å². The fourth-order valence-corrected chi connectivity index (χ4v) is 1.47. The minimum Gasteiger partial charge on any atom is -0.159 e. The standard InChI is InChI=1S/C7H15ClS/c1-6(2)9-5-7(3)4-8/h6-7H,4-5H2,1-3H3. The fraction of sp³-hybridized carbons (Fsp3) is 1.00. The molecule has 0 fully saturated rings. The quantitative estimate of drug-likeness (QED) is 0.579. The van der Waals surface area contributed by atoms with Crippen LogP contribution < -0.4 is 0 Å². The summed E-state index contributed by atoms with van der Waals surface area (Å²) in [4.78, 5) is 0. The Morgan fingerprint density at radius 3 is 2.22 bits per heavy atom. The van der Waals surface area contributed by atoms with E-state index < -0.39 is 0 Å². The maximum atomic E-state index is 5.62. The van der Waals surface area contributed by atoms with Crippen LogP contribution in [-0.2, 0) is 0 Å². The third-order valence-electron chi connectivity index (χ3n) is 0.977. The maximum Gasteiger partial charge on any atom is 0.0257 e. The van der Waals surface area contributed by atoms with Gasteiger partial charge in [0.05, 0.1) is 0 Å². The Balaban J connectivity index is 3.06. The normalized spacial score (nSPS) is 14.3. The van der Waals surface area contributed by atoms with Gasteiger partial charge in [0.1, 0.15) is 0 Å². The summed E-state index contributed by atoms with van der Waals surface area (Å²) in [5.41, 5.74) is 0. The molecule has 1 atom stereocenters. The van der Waals surface area contributed by atoms with Crippen molar-refractivity contribution in [2.24, 2.45) is 5.92 Å². The molecule has 0 aliphatic carbocycles. The van der Waals surface area contributed by atoms with Gasteiger partial charge in [-0.2, -0.15) is 11.8 Å². The molecule has 0 aliphatic heterocycles. The van der Waals surface area contributed by atoms with E-state index in [1.807, 2.05) is 11.8 Å². The second-order valence-corrected chi connectivity index (χ2v) is 4.56. The summed E-state index contributed by atoms with van der Waals surface area (Å²) < 4.78 is 0. The van der Waals surface area contributed by atoms with Crippen LogP contribution in [0.25, 0.3) is 0 Å². The van der Waals surface area contributed by atoms with Gasteiger partial charge >= 0.3 is 0 Å². The van der Waals surface area contributed by atoms with Crippen molar-refractivity contribution < 1.29 is 0 Å². The lowest BCUT2D eigenvalue weighted by molar-refractivity contribution is 0.757. The summed E-state index contributed by atoms with van der Waals surface area (Å²) in [5.74, 6) is 2.65. The smallest absolute Gasteiger partial charge is 0.0257 e. The summed E-state index contributed by atoms with van der Waals surface area (Å²) in [6.07, 6.45) is 0. The first-order valence-electron chi connectivity index (χ1n) is 3.34.